The number of carbonyl (C=O) groups excluding carboxylic acids is 1. The molecule has 1 fully saturated rings. The first kappa shape index (κ1) is 21.0. The van der Waals surface area contributed by atoms with Crippen LogP contribution in [0.5, 0.6) is 0 Å². The molecule has 10 heteroatoms. The molecule has 3 aromatic rings. The second-order valence-electron chi connectivity index (χ2n) is 7.45. The molecule has 0 spiro atoms. The van der Waals surface area contributed by atoms with Crippen LogP contribution in [0.1, 0.15) is 24.9 Å². The lowest BCUT2D eigenvalue weighted by Gasteiger charge is -2.25. The number of hydrogen-bond donors (Lipinski definition) is 0. The van der Waals surface area contributed by atoms with Gasteiger partial charge in [0.1, 0.15) is 11.9 Å². The van der Waals surface area contributed by atoms with E-state index in [1.54, 1.807) is 36.1 Å². The normalized spacial score (nSPS) is 16.4. The van der Waals surface area contributed by atoms with E-state index in [-0.39, 0.29) is 5.91 Å². The Bertz CT molecular complexity index is 1140. The van der Waals surface area contributed by atoms with Gasteiger partial charge in [0.15, 0.2) is 5.58 Å². The number of benzene rings is 1. The molecule has 7 nitrogen and oxygen atoms in total. The van der Waals surface area contributed by atoms with Crippen molar-refractivity contribution >= 4 is 22.8 Å². The maximum atomic E-state index is 13.1. The van der Waals surface area contributed by atoms with Crippen molar-refractivity contribution in [3.05, 3.63) is 58.7 Å². The third-order valence-electron chi connectivity index (χ3n) is 5.47. The molecule has 1 aromatic carbocycles. The highest BCUT2D eigenvalue weighted by Gasteiger charge is 2.31. The average molecular weight is 434 g/mol. The zero-order valence-electron chi connectivity index (χ0n) is 16.8. The van der Waals surface area contributed by atoms with Crippen LogP contribution in [-0.2, 0) is 11.0 Å². The number of aromatic nitrogens is 2. The molecule has 1 aliphatic rings. The topological polar surface area (TPSA) is 71.6 Å². The summed E-state index contributed by atoms with van der Waals surface area (Å²) in [4.78, 5) is 32.9. The molecule has 164 valence electrons. The van der Waals surface area contributed by atoms with E-state index in [0.717, 1.165) is 12.3 Å². The molecule has 2 aromatic heterocycles. The minimum Gasteiger partial charge on any atom is -0.408 e. The van der Waals surface area contributed by atoms with Gasteiger partial charge in [0.25, 0.3) is 0 Å². The number of fused-ring (bicyclic) bond motifs is 1. The summed E-state index contributed by atoms with van der Waals surface area (Å²) in [6, 6.07) is 8.53. The fourth-order valence-electron chi connectivity index (χ4n) is 3.83. The number of para-hydroxylation sites is 2. The fourth-order valence-corrected chi connectivity index (χ4v) is 3.83. The van der Waals surface area contributed by atoms with Gasteiger partial charge in [-0.15, -0.1) is 0 Å². The predicted molar refractivity (Wildman–Crippen MR) is 108 cm³/mol. The number of anilines is 1. The predicted octanol–water partition coefficient (Wildman–Crippen LogP) is 3.31. The molecule has 1 unspecified atom stereocenters. The minimum atomic E-state index is -4.43. The van der Waals surface area contributed by atoms with Crippen LogP contribution in [0.2, 0.25) is 0 Å². The maximum absolute atomic E-state index is 13.1. The summed E-state index contributed by atoms with van der Waals surface area (Å²) in [7, 11) is 0. The molecule has 0 saturated carbocycles. The Labute approximate surface area is 175 Å². The molecule has 31 heavy (non-hydrogen) atoms. The van der Waals surface area contributed by atoms with Gasteiger partial charge in [-0.25, -0.2) is 9.78 Å². The van der Waals surface area contributed by atoms with Crippen LogP contribution in [0.25, 0.3) is 11.1 Å². The van der Waals surface area contributed by atoms with Gasteiger partial charge in [0.05, 0.1) is 11.1 Å². The number of amides is 1. The molecule has 0 radical (unpaired) electrons. The summed E-state index contributed by atoms with van der Waals surface area (Å²) in [6.45, 7) is 3.50. The van der Waals surface area contributed by atoms with Crippen molar-refractivity contribution in [3.63, 3.8) is 0 Å². The van der Waals surface area contributed by atoms with Gasteiger partial charge in [0, 0.05) is 32.4 Å². The van der Waals surface area contributed by atoms with Gasteiger partial charge in [-0.3, -0.25) is 9.36 Å². The Hall–Kier alpha value is -3.30. The van der Waals surface area contributed by atoms with Gasteiger partial charge < -0.3 is 14.2 Å². The van der Waals surface area contributed by atoms with Crippen molar-refractivity contribution in [2.75, 3.05) is 31.1 Å². The van der Waals surface area contributed by atoms with Crippen LogP contribution >= 0.6 is 0 Å². The van der Waals surface area contributed by atoms with E-state index in [1.165, 1.54) is 10.6 Å². The van der Waals surface area contributed by atoms with Crippen molar-refractivity contribution < 1.29 is 22.4 Å². The Balaban J connectivity index is 1.47. The third-order valence-corrected chi connectivity index (χ3v) is 5.47. The number of oxazole rings is 1. The number of pyridine rings is 1. The molecule has 3 heterocycles. The second kappa shape index (κ2) is 8.09. The SMILES string of the molecule is CC(C(=O)N1CCCN(c2ccc(C(F)(F)F)cn2)CC1)n1c(=O)oc2ccccc21. The van der Waals surface area contributed by atoms with Crippen molar-refractivity contribution in [1.82, 2.24) is 14.5 Å². The van der Waals surface area contributed by atoms with Crippen molar-refractivity contribution in [3.8, 4) is 0 Å². The van der Waals surface area contributed by atoms with Crippen LogP contribution in [0.3, 0.4) is 0 Å². The largest absolute Gasteiger partial charge is 0.420 e. The molecule has 0 N–H and O–H groups in total. The summed E-state index contributed by atoms with van der Waals surface area (Å²) in [5.74, 6) is -0.365. The maximum Gasteiger partial charge on any atom is 0.420 e. The highest BCUT2D eigenvalue weighted by molar-refractivity contribution is 5.83. The average Bonchev–Trinajstić information content (AvgIpc) is 2.91. The lowest BCUT2D eigenvalue weighted by molar-refractivity contribution is -0.138. The molecule has 4 rings (SSSR count). The van der Waals surface area contributed by atoms with E-state index in [1.807, 2.05) is 4.90 Å². The number of hydrogen-bond acceptors (Lipinski definition) is 5. The highest BCUT2D eigenvalue weighted by Crippen LogP contribution is 2.29. The van der Waals surface area contributed by atoms with E-state index < -0.39 is 23.5 Å². The van der Waals surface area contributed by atoms with E-state index in [9.17, 15) is 22.8 Å². The van der Waals surface area contributed by atoms with Gasteiger partial charge >= 0.3 is 11.9 Å². The van der Waals surface area contributed by atoms with E-state index in [2.05, 4.69) is 4.98 Å². The van der Waals surface area contributed by atoms with E-state index >= 15 is 0 Å². The molecule has 1 atom stereocenters. The standard InChI is InChI=1S/C21H21F3N4O3/c1-14(28-16-5-2-3-6-17(16)31-20(28)30)19(29)27-10-4-9-26(11-12-27)18-8-7-15(13-25-18)21(22,23)24/h2-3,5-8,13-14H,4,9-12H2,1H3. The molecule has 1 saturated heterocycles. The lowest BCUT2D eigenvalue weighted by Crippen LogP contribution is -2.40. The van der Waals surface area contributed by atoms with Gasteiger partial charge in [-0.05, 0) is 37.6 Å². The molecule has 1 amide bonds. The molecular weight excluding hydrogens is 413 g/mol. The van der Waals surface area contributed by atoms with Crippen LogP contribution in [0, 0.1) is 0 Å². The smallest absolute Gasteiger partial charge is 0.408 e. The second-order valence-corrected chi connectivity index (χ2v) is 7.45. The van der Waals surface area contributed by atoms with Crippen LogP contribution in [-0.4, -0.2) is 46.5 Å². The summed E-state index contributed by atoms with van der Waals surface area (Å²) in [5, 5.41) is 0. The molecule has 0 aliphatic carbocycles. The van der Waals surface area contributed by atoms with Gasteiger partial charge in [-0.1, -0.05) is 12.1 Å². The van der Waals surface area contributed by atoms with Crippen LogP contribution in [0.4, 0.5) is 19.0 Å². The van der Waals surface area contributed by atoms with Crippen molar-refractivity contribution in [1.29, 1.82) is 0 Å². The monoisotopic (exact) mass is 434 g/mol. The number of rotatable bonds is 3. The number of halogens is 3. The number of nitrogens with zero attached hydrogens (tertiary/aromatic N) is 4. The zero-order valence-corrected chi connectivity index (χ0v) is 16.8. The van der Waals surface area contributed by atoms with Crippen molar-refractivity contribution in [2.24, 2.45) is 0 Å². The number of alkyl halides is 3. The van der Waals surface area contributed by atoms with Crippen molar-refractivity contribution in [2.45, 2.75) is 25.6 Å². The van der Waals surface area contributed by atoms with Crippen LogP contribution in [0.15, 0.2) is 51.8 Å². The zero-order chi connectivity index (χ0) is 22.2. The molecular formula is C21H21F3N4O3. The first-order valence-corrected chi connectivity index (χ1v) is 9.93. The third kappa shape index (κ3) is 4.14. The highest BCUT2D eigenvalue weighted by atomic mass is 19.4. The Morgan fingerprint density at radius 2 is 1.87 bits per heavy atom. The van der Waals surface area contributed by atoms with Gasteiger partial charge in [-0.2, -0.15) is 13.2 Å². The Morgan fingerprint density at radius 3 is 2.58 bits per heavy atom. The van der Waals surface area contributed by atoms with Gasteiger partial charge in [0.2, 0.25) is 5.91 Å². The van der Waals surface area contributed by atoms with E-state index in [0.29, 0.717) is 49.5 Å². The molecule has 0 bridgehead atoms. The summed E-state index contributed by atoms with van der Waals surface area (Å²) < 4.78 is 44.8. The van der Waals surface area contributed by atoms with E-state index in [4.69, 9.17) is 4.42 Å². The first-order valence-electron chi connectivity index (χ1n) is 9.93. The lowest BCUT2D eigenvalue weighted by atomic mass is 10.2. The first-order chi connectivity index (χ1) is 14.8. The summed E-state index contributed by atoms with van der Waals surface area (Å²) in [5.41, 5.74) is 0.177. The summed E-state index contributed by atoms with van der Waals surface area (Å²) in [6.07, 6.45) is -2.98. The number of carbonyl (C=O) groups is 1. The Morgan fingerprint density at radius 1 is 1.10 bits per heavy atom. The summed E-state index contributed by atoms with van der Waals surface area (Å²) >= 11 is 0. The molecule has 1 aliphatic heterocycles. The quantitative estimate of drug-likeness (QED) is 0.633. The Kier molecular flexibility index (Phi) is 5.47. The fraction of sp³-hybridized carbons (Fsp3) is 0.381. The minimum absolute atomic E-state index is 0.212. The van der Waals surface area contributed by atoms with Crippen LogP contribution < -0.4 is 10.7 Å².